The van der Waals surface area contributed by atoms with Gasteiger partial charge in [0.2, 0.25) is 0 Å². The van der Waals surface area contributed by atoms with Crippen molar-refractivity contribution in [3.8, 4) is 0 Å². The topological polar surface area (TPSA) is 31.9 Å². The first-order chi connectivity index (χ1) is 8.58. The van der Waals surface area contributed by atoms with E-state index in [4.69, 9.17) is 0 Å². The quantitative estimate of drug-likeness (QED) is 0.836. The molecule has 0 atom stereocenters. The van der Waals surface area contributed by atoms with Crippen LogP contribution in [0.2, 0.25) is 0 Å². The molecule has 0 saturated carbocycles. The van der Waals surface area contributed by atoms with Gasteiger partial charge in [0, 0.05) is 6.54 Å². The number of hydrogen-bond acceptors (Lipinski definition) is 2. The second kappa shape index (κ2) is 5.36. The van der Waals surface area contributed by atoms with E-state index < -0.39 is 0 Å². The zero-order chi connectivity index (χ0) is 13.1. The van der Waals surface area contributed by atoms with E-state index in [9.17, 15) is 0 Å². The van der Waals surface area contributed by atoms with Gasteiger partial charge in [0.05, 0.1) is 17.6 Å². The number of nitrogens with one attached hydrogen (secondary N) is 1. The lowest BCUT2D eigenvalue weighted by molar-refractivity contribution is 0.347. The molecule has 3 heteroatoms. The van der Waals surface area contributed by atoms with Crippen molar-refractivity contribution >= 4 is 11.0 Å². The molecule has 0 saturated heterocycles. The van der Waals surface area contributed by atoms with Crippen LogP contribution in [0, 0.1) is 6.92 Å². The minimum atomic E-state index is 0.846. The summed E-state index contributed by atoms with van der Waals surface area (Å²) in [6.45, 7) is 8.15. The predicted octanol–water partition coefficient (Wildman–Crippen LogP) is 3.27. The highest BCUT2D eigenvalue weighted by atomic mass is 15.1. The fraction of sp³-hybridized carbons (Fsp3) is 0.400. The molecule has 1 aromatic heterocycles. The predicted molar refractivity (Wildman–Crippen MR) is 76.6 cm³/mol. The number of imidazole rings is 1. The Hall–Kier alpha value is -1.61. The van der Waals surface area contributed by atoms with Crippen LogP contribution in [0.4, 0.5) is 0 Å². The standard InChI is InChI=1S/C15H21N3/c1-5-11(2)9-18(4)10-15-16-13-7-6-12(3)8-14(13)17-15/h5-8H,9-10H2,1-4H3,(H,16,17)/b11-5+. The molecule has 1 N–H and O–H groups in total. The summed E-state index contributed by atoms with van der Waals surface area (Å²) in [5, 5.41) is 0. The third kappa shape index (κ3) is 2.99. The first-order valence-corrected chi connectivity index (χ1v) is 6.34. The molecule has 1 aromatic carbocycles. The summed E-state index contributed by atoms with van der Waals surface area (Å²) in [5.41, 5.74) is 4.81. The summed E-state index contributed by atoms with van der Waals surface area (Å²) >= 11 is 0. The summed E-state index contributed by atoms with van der Waals surface area (Å²) < 4.78 is 0. The number of aromatic amines is 1. The third-order valence-corrected chi connectivity index (χ3v) is 3.12. The maximum absolute atomic E-state index is 4.61. The van der Waals surface area contributed by atoms with Crippen molar-refractivity contribution in [2.45, 2.75) is 27.3 Å². The number of nitrogens with zero attached hydrogens (tertiary/aromatic N) is 2. The van der Waals surface area contributed by atoms with Crippen molar-refractivity contribution in [2.24, 2.45) is 0 Å². The van der Waals surface area contributed by atoms with E-state index in [2.05, 4.69) is 67.0 Å². The van der Waals surface area contributed by atoms with Gasteiger partial charge >= 0.3 is 0 Å². The molecule has 0 fully saturated rings. The summed E-state index contributed by atoms with van der Waals surface area (Å²) in [5.74, 6) is 1.03. The number of aromatic nitrogens is 2. The van der Waals surface area contributed by atoms with Crippen LogP contribution in [-0.2, 0) is 6.54 Å². The molecular weight excluding hydrogens is 222 g/mol. The number of H-pyrrole nitrogens is 1. The fourth-order valence-electron chi connectivity index (χ4n) is 2.08. The van der Waals surface area contributed by atoms with Crippen molar-refractivity contribution in [3.05, 3.63) is 41.2 Å². The molecule has 0 bridgehead atoms. The Kier molecular flexibility index (Phi) is 3.82. The van der Waals surface area contributed by atoms with Gasteiger partial charge in [-0.15, -0.1) is 0 Å². The largest absolute Gasteiger partial charge is 0.341 e. The van der Waals surface area contributed by atoms with Crippen LogP contribution in [0.25, 0.3) is 11.0 Å². The third-order valence-electron chi connectivity index (χ3n) is 3.12. The maximum Gasteiger partial charge on any atom is 0.121 e. The molecule has 96 valence electrons. The SMILES string of the molecule is C/C=C(\C)CN(C)Cc1nc2ccc(C)cc2[nH]1. The van der Waals surface area contributed by atoms with Crippen LogP contribution in [0.15, 0.2) is 29.8 Å². The van der Waals surface area contributed by atoms with Gasteiger partial charge in [0.25, 0.3) is 0 Å². The average Bonchev–Trinajstić information content (AvgIpc) is 2.69. The Labute approximate surface area is 109 Å². The number of hydrogen-bond donors (Lipinski definition) is 1. The first kappa shape index (κ1) is 12.8. The second-order valence-corrected chi connectivity index (χ2v) is 5.01. The highest BCUT2D eigenvalue weighted by Gasteiger charge is 2.06. The van der Waals surface area contributed by atoms with Crippen LogP contribution in [0.5, 0.6) is 0 Å². The minimum Gasteiger partial charge on any atom is -0.341 e. The van der Waals surface area contributed by atoms with E-state index in [0.717, 1.165) is 29.9 Å². The molecule has 2 rings (SSSR count). The lowest BCUT2D eigenvalue weighted by Gasteiger charge is -2.14. The van der Waals surface area contributed by atoms with Crippen LogP contribution >= 0.6 is 0 Å². The lowest BCUT2D eigenvalue weighted by atomic mass is 10.2. The van der Waals surface area contributed by atoms with Gasteiger partial charge in [-0.1, -0.05) is 17.7 Å². The Morgan fingerprint density at radius 2 is 2.22 bits per heavy atom. The molecular formula is C15H21N3. The number of allylic oxidation sites excluding steroid dienone is 1. The number of rotatable bonds is 4. The van der Waals surface area contributed by atoms with Crippen molar-refractivity contribution in [1.82, 2.24) is 14.9 Å². The first-order valence-electron chi connectivity index (χ1n) is 6.34. The van der Waals surface area contributed by atoms with E-state index in [0.29, 0.717) is 0 Å². The van der Waals surface area contributed by atoms with E-state index >= 15 is 0 Å². The van der Waals surface area contributed by atoms with Gasteiger partial charge in [-0.2, -0.15) is 0 Å². The summed E-state index contributed by atoms with van der Waals surface area (Å²) in [6, 6.07) is 6.31. The Morgan fingerprint density at radius 1 is 1.44 bits per heavy atom. The summed E-state index contributed by atoms with van der Waals surface area (Å²) in [6.07, 6.45) is 2.15. The Morgan fingerprint density at radius 3 is 2.94 bits per heavy atom. The van der Waals surface area contributed by atoms with Crippen LogP contribution in [0.3, 0.4) is 0 Å². The number of likely N-dealkylation sites (N-methyl/N-ethyl adjacent to an activating group) is 1. The van der Waals surface area contributed by atoms with Gasteiger partial charge in [-0.3, -0.25) is 4.90 Å². The molecule has 0 aliphatic rings. The summed E-state index contributed by atoms with van der Waals surface area (Å²) in [7, 11) is 2.12. The molecule has 0 radical (unpaired) electrons. The fourth-order valence-corrected chi connectivity index (χ4v) is 2.08. The Bertz CT molecular complexity index is 566. The molecule has 1 heterocycles. The van der Waals surface area contributed by atoms with Crippen LogP contribution in [-0.4, -0.2) is 28.5 Å². The van der Waals surface area contributed by atoms with Gasteiger partial charge in [0.15, 0.2) is 0 Å². The zero-order valence-electron chi connectivity index (χ0n) is 11.6. The highest BCUT2D eigenvalue weighted by molar-refractivity contribution is 5.75. The van der Waals surface area contributed by atoms with Gasteiger partial charge in [-0.25, -0.2) is 4.98 Å². The van der Waals surface area contributed by atoms with Gasteiger partial charge in [-0.05, 0) is 45.5 Å². The molecule has 3 nitrogen and oxygen atoms in total. The van der Waals surface area contributed by atoms with E-state index in [1.165, 1.54) is 11.1 Å². The monoisotopic (exact) mass is 243 g/mol. The molecule has 18 heavy (non-hydrogen) atoms. The van der Waals surface area contributed by atoms with E-state index in [-0.39, 0.29) is 0 Å². The second-order valence-electron chi connectivity index (χ2n) is 5.01. The van der Waals surface area contributed by atoms with Gasteiger partial charge in [0.1, 0.15) is 5.82 Å². The lowest BCUT2D eigenvalue weighted by Crippen LogP contribution is -2.20. The smallest absolute Gasteiger partial charge is 0.121 e. The van der Waals surface area contributed by atoms with Gasteiger partial charge < -0.3 is 4.98 Å². The molecule has 2 aromatic rings. The molecule has 0 aliphatic carbocycles. The van der Waals surface area contributed by atoms with Crippen LogP contribution in [0.1, 0.15) is 25.2 Å². The van der Waals surface area contributed by atoms with Crippen molar-refractivity contribution in [3.63, 3.8) is 0 Å². The molecule has 0 unspecified atom stereocenters. The maximum atomic E-state index is 4.61. The number of fused-ring (bicyclic) bond motifs is 1. The van der Waals surface area contributed by atoms with Crippen molar-refractivity contribution in [2.75, 3.05) is 13.6 Å². The molecule has 0 amide bonds. The molecule has 0 aliphatic heterocycles. The normalized spacial score (nSPS) is 12.6. The van der Waals surface area contributed by atoms with E-state index in [1.54, 1.807) is 0 Å². The highest BCUT2D eigenvalue weighted by Crippen LogP contribution is 2.14. The summed E-state index contributed by atoms with van der Waals surface area (Å²) in [4.78, 5) is 10.3. The number of aryl methyl sites for hydroxylation is 1. The van der Waals surface area contributed by atoms with Crippen LogP contribution < -0.4 is 0 Å². The Balaban J connectivity index is 2.12. The van der Waals surface area contributed by atoms with Crippen molar-refractivity contribution in [1.29, 1.82) is 0 Å². The van der Waals surface area contributed by atoms with E-state index in [1.807, 2.05) is 0 Å². The molecule has 0 spiro atoms. The van der Waals surface area contributed by atoms with Crippen molar-refractivity contribution < 1.29 is 0 Å². The zero-order valence-corrected chi connectivity index (χ0v) is 11.6. The minimum absolute atomic E-state index is 0.846. The average molecular weight is 243 g/mol. The number of benzene rings is 1.